The Morgan fingerprint density at radius 1 is 1.28 bits per heavy atom. The fourth-order valence-electron chi connectivity index (χ4n) is 4.15. The molecular weight excluding hydrogens is 366 g/mol. The Labute approximate surface area is 168 Å². The molecule has 0 radical (unpaired) electrons. The van der Waals surface area contributed by atoms with E-state index in [2.05, 4.69) is 21.8 Å². The summed E-state index contributed by atoms with van der Waals surface area (Å²) in [6.07, 6.45) is 3.11. The van der Waals surface area contributed by atoms with Gasteiger partial charge in [0.2, 0.25) is 0 Å². The van der Waals surface area contributed by atoms with Crippen LogP contribution >= 0.6 is 0 Å². The first-order valence-corrected chi connectivity index (χ1v) is 9.41. The number of carbonyl (C=O) groups excluding carboxylic acids is 2. The smallest absolute Gasteiger partial charge is 0.298 e. The lowest BCUT2D eigenvalue weighted by Crippen LogP contribution is -2.27. The van der Waals surface area contributed by atoms with E-state index in [0.29, 0.717) is 24.5 Å². The molecule has 1 aromatic carbocycles. The van der Waals surface area contributed by atoms with Gasteiger partial charge in [-0.3, -0.25) is 9.59 Å². The number of nitrogens with two attached hydrogens (primary N) is 1. The molecule has 1 unspecified atom stereocenters. The van der Waals surface area contributed by atoms with Crippen LogP contribution in [0.2, 0.25) is 0 Å². The second-order valence-electron chi connectivity index (χ2n) is 7.13. The largest absolute Gasteiger partial charge is 0.383 e. The standard InChI is InChI=1S/C22H21N5O2/c1-3-4-17(29)27-10-9-16(11-27)20-18(15-7-5-14(12-28)6-8-15)19-21(23)24-13-25-22(19)26(20)2/h5-8,12-13,16H,9-11H2,1-2H3,(H2,23,24,25). The van der Waals surface area contributed by atoms with E-state index in [1.165, 1.54) is 6.33 Å². The van der Waals surface area contributed by atoms with Crippen LogP contribution in [0.15, 0.2) is 30.6 Å². The Bertz CT molecular complexity index is 1170. The highest BCUT2D eigenvalue weighted by Gasteiger charge is 2.32. The van der Waals surface area contributed by atoms with Gasteiger partial charge in [0.25, 0.3) is 5.91 Å². The molecule has 0 saturated carbocycles. The van der Waals surface area contributed by atoms with E-state index >= 15 is 0 Å². The molecule has 0 bridgehead atoms. The molecular formula is C22H21N5O2. The lowest BCUT2D eigenvalue weighted by molar-refractivity contribution is -0.124. The van der Waals surface area contributed by atoms with Crippen LogP contribution < -0.4 is 5.73 Å². The molecule has 2 aromatic heterocycles. The van der Waals surface area contributed by atoms with E-state index in [1.807, 2.05) is 23.7 Å². The highest BCUT2D eigenvalue weighted by Crippen LogP contribution is 2.42. The summed E-state index contributed by atoms with van der Waals surface area (Å²) in [4.78, 5) is 33.7. The quantitative estimate of drug-likeness (QED) is 0.550. The molecule has 2 N–H and O–H groups in total. The lowest BCUT2D eigenvalue weighted by Gasteiger charge is -2.16. The normalized spacial score (nSPS) is 15.9. The number of carbonyl (C=O) groups is 2. The third kappa shape index (κ3) is 3.13. The monoisotopic (exact) mass is 387 g/mol. The summed E-state index contributed by atoms with van der Waals surface area (Å²) in [6, 6.07) is 7.39. The van der Waals surface area contributed by atoms with Gasteiger partial charge in [0.05, 0.1) is 5.39 Å². The number of fused-ring (bicyclic) bond motifs is 1. The van der Waals surface area contributed by atoms with Crippen LogP contribution in [0.1, 0.15) is 35.3 Å². The summed E-state index contributed by atoms with van der Waals surface area (Å²) in [6.45, 7) is 2.91. The molecule has 1 amide bonds. The number of benzene rings is 1. The molecule has 29 heavy (non-hydrogen) atoms. The molecule has 1 atom stereocenters. The maximum atomic E-state index is 12.2. The number of hydrogen-bond acceptors (Lipinski definition) is 5. The number of aromatic nitrogens is 3. The van der Waals surface area contributed by atoms with Crippen LogP contribution in [0.25, 0.3) is 22.2 Å². The summed E-state index contributed by atoms with van der Waals surface area (Å²) in [7, 11) is 1.96. The molecule has 7 heteroatoms. The number of rotatable bonds is 3. The molecule has 1 fully saturated rings. The van der Waals surface area contributed by atoms with Crippen molar-refractivity contribution in [2.24, 2.45) is 7.05 Å². The Morgan fingerprint density at radius 2 is 2.03 bits per heavy atom. The van der Waals surface area contributed by atoms with Crippen LogP contribution in [0.5, 0.6) is 0 Å². The number of anilines is 1. The molecule has 146 valence electrons. The number of amides is 1. The van der Waals surface area contributed by atoms with Crippen LogP contribution in [-0.2, 0) is 11.8 Å². The van der Waals surface area contributed by atoms with Gasteiger partial charge in [-0.25, -0.2) is 9.97 Å². The first-order chi connectivity index (χ1) is 14.0. The van der Waals surface area contributed by atoms with Gasteiger partial charge < -0.3 is 15.2 Å². The fourth-order valence-corrected chi connectivity index (χ4v) is 4.15. The second-order valence-corrected chi connectivity index (χ2v) is 7.13. The molecule has 3 aromatic rings. The molecule has 1 aliphatic rings. The number of aldehydes is 1. The molecule has 0 spiro atoms. The molecule has 0 aliphatic carbocycles. The van der Waals surface area contributed by atoms with Gasteiger partial charge in [0, 0.05) is 42.9 Å². The Hall–Kier alpha value is -3.66. The number of aryl methyl sites for hydroxylation is 1. The van der Waals surface area contributed by atoms with Gasteiger partial charge in [0.1, 0.15) is 24.1 Å². The first kappa shape index (κ1) is 18.7. The summed E-state index contributed by atoms with van der Waals surface area (Å²) in [5.41, 5.74) is 10.6. The predicted molar refractivity (Wildman–Crippen MR) is 111 cm³/mol. The Balaban J connectivity index is 1.88. The summed E-state index contributed by atoms with van der Waals surface area (Å²) < 4.78 is 2.04. The van der Waals surface area contributed by atoms with Crippen molar-refractivity contribution < 1.29 is 9.59 Å². The minimum absolute atomic E-state index is 0.122. The van der Waals surface area contributed by atoms with Gasteiger partial charge in [-0.1, -0.05) is 30.2 Å². The van der Waals surface area contributed by atoms with Gasteiger partial charge in [-0.2, -0.15) is 0 Å². The van der Waals surface area contributed by atoms with Crippen molar-refractivity contribution in [1.82, 2.24) is 19.4 Å². The van der Waals surface area contributed by atoms with Crippen LogP contribution in [0.4, 0.5) is 5.82 Å². The summed E-state index contributed by atoms with van der Waals surface area (Å²) >= 11 is 0. The zero-order chi connectivity index (χ0) is 20.5. The average molecular weight is 387 g/mol. The van der Waals surface area contributed by atoms with Crippen molar-refractivity contribution in [3.63, 3.8) is 0 Å². The van der Waals surface area contributed by atoms with Crippen LogP contribution in [0.3, 0.4) is 0 Å². The zero-order valence-electron chi connectivity index (χ0n) is 16.3. The minimum atomic E-state index is -0.148. The van der Waals surface area contributed by atoms with Crippen molar-refractivity contribution in [3.05, 3.63) is 41.9 Å². The van der Waals surface area contributed by atoms with E-state index in [9.17, 15) is 9.59 Å². The van der Waals surface area contributed by atoms with Crippen molar-refractivity contribution in [1.29, 1.82) is 0 Å². The third-order valence-corrected chi connectivity index (χ3v) is 5.47. The van der Waals surface area contributed by atoms with Crippen molar-refractivity contribution in [2.75, 3.05) is 18.8 Å². The first-order valence-electron chi connectivity index (χ1n) is 9.41. The van der Waals surface area contributed by atoms with Crippen LogP contribution in [-0.4, -0.2) is 44.7 Å². The van der Waals surface area contributed by atoms with E-state index in [1.54, 1.807) is 24.0 Å². The predicted octanol–water partition coefficient (Wildman–Crippen LogP) is 2.37. The number of likely N-dealkylation sites (tertiary alicyclic amines) is 1. The molecule has 7 nitrogen and oxygen atoms in total. The van der Waals surface area contributed by atoms with Crippen molar-refractivity contribution in [3.8, 4) is 23.0 Å². The zero-order valence-corrected chi connectivity index (χ0v) is 16.3. The highest BCUT2D eigenvalue weighted by molar-refractivity contribution is 6.03. The van der Waals surface area contributed by atoms with Gasteiger partial charge in [-0.05, 0) is 24.8 Å². The van der Waals surface area contributed by atoms with E-state index in [-0.39, 0.29) is 11.8 Å². The van der Waals surface area contributed by atoms with Crippen LogP contribution in [0, 0.1) is 11.8 Å². The maximum Gasteiger partial charge on any atom is 0.298 e. The maximum absolute atomic E-state index is 12.2. The average Bonchev–Trinajstić information content (AvgIpc) is 3.32. The van der Waals surface area contributed by atoms with Crippen molar-refractivity contribution >= 4 is 29.0 Å². The second kappa shape index (κ2) is 7.40. The third-order valence-electron chi connectivity index (χ3n) is 5.47. The fraction of sp³-hybridized carbons (Fsp3) is 0.273. The summed E-state index contributed by atoms with van der Waals surface area (Å²) in [5.74, 6) is 5.69. The SMILES string of the molecule is CC#CC(=O)N1CCC(c2c(-c3ccc(C=O)cc3)c3c(N)ncnc3n2C)C1. The summed E-state index contributed by atoms with van der Waals surface area (Å²) in [5, 5.41) is 0.793. The molecule has 1 aliphatic heterocycles. The number of nitrogens with zero attached hydrogens (tertiary/aromatic N) is 4. The van der Waals surface area contributed by atoms with Gasteiger partial charge in [-0.15, -0.1) is 0 Å². The molecule has 3 heterocycles. The molecule has 4 rings (SSSR count). The van der Waals surface area contributed by atoms with E-state index in [4.69, 9.17) is 5.73 Å². The Kier molecular flexibility index (Phi) is 4.77. The lowest BCUT2D eigenvalue weighted by atomic mass is 9.94. The van der Waals surface area contributed by atoms with E-state index < -0.39 is 0 Å². The van der Waals surface area contributed by atoms with E-state index in [0.717, 1.165) is 40.6 Å². The topological polar surface area (TPSA) is 94.1 Å². The minimum Gasteiger partial charge on any atom is -0.383 e. The highest BCUT2D eigenvalue weighted by atomic mass is 16.2. The van der Waals surface area contributed by atoms with Crippen molar-refractivity contribution in [2.45, 2.75) is 19.3 Å². The van der Waals surface area contributed by atoms with Gasteiger partial charge in [0.15, 0.2) is 0 Å². The van der Waals surface area contributed by atoms with Gasteiger partial charge >= 0.3 is 0 Å². The number of hydrogen-bond donors (Lipinski definition) is 1. The Morgan fingerprint density at radius 3 is 2.72 bits per heavy atom. The molecule has 1 saturated heterocycles. The number of nitrogen functional groups attached to an aromatic ring is 1.